The van der Waals surface area contributed by atoms with E-state index >= 15 is 0 Å². The summed E-state index contributed by atoms with van der Waals surface area (Å²) in [6.07, 6.45) is 5.11. The van der Waals surface area contributed by atoms with E-state index < -0.39 is 10.8 Å². The number of hydrogen-bond donors (Lipinski definition) is 1. The molecule has 0 radical (unpaired) electrons. The Morgan fingerprint density at radius 3 is 2.62 bits per heavy atom. The first-order valence-electron chi connectivity index (χ1n) is 5.90. The number of hydrogen-bond acceptors (Lipinski definition) is 3. The van der Waals surface area contributed by atoms with Crippen LogP contribution in [-0.4, -0.2) is 9.96 Å². The smallest absolute Gasteiger partial charge is 0.117 e. The lowest BCUT2D eigenvalue weighted by Gasteiger charge is -2.07. The summed E-state index contributed by atoms with van der Waals surface area (Å²) in [5.74, 6) is 3.62. The lowest BCUT2D eigenvalue weighted by atomic mass is 10.1. The zero-order valence-electron chi connectivity index (χ0n) is 9.48. The average Bonchev–Trinajstić information content (AvgIpc) is 2.89. The van der Waals surface area contributed by atoms with Crippen molar-refractivity contribution in [2.45, 2.75) is 38.0 Å². The summed E-state index contributed by atoms with van der Waals surface area (Å²) in [6.45, 7) is 0.412. The van der Waals surface area contributed by atoms with Crippen molar-refractivity contribution in [1.82, 2.24) is 0 Å². The second-order valence-electron chi connectivity index (χ2n) is 4.47. The maximum Gasteiger partial charge on any atom is 0.117 e. The van der Waals surface area contributed by atoms with E-state index in [0.29, 0.717) is 18.2 Å². The third-order valence-corrected chi connectivity index (χ3v) is 4.57. The van der Waals surface area contributed by atoms with Gasteiger partial charge in [-0.1, -0.05) is 12.8 Å². The molecule has 90 valence electrons. The van der Waals surface area contributed by atoms with Crippen LogP contribution in [0.1, 0.15) is 37.2 Å². The van der Waals surface area contributed by atoms with Gasteiger partial charge in [0.05, 0.1) is 12.3 Å². The Balaban J connectivity index is 1.81. The summed E-state index contributed by atoms with van der Waals surface area (Å²) in [4.78, 5) is 0. The topological polar surface area (TPSA) is 56.2 Å². The minimum absolute atomic E-state index is 0.412. The highest BCUT2D eigenvalue weighted by Gasteiger charge is 2.18. The van der Waals surface area contributed by atoms with Gasteiger partial charge in [0.2, 0.25) is 0 Å². The van der Waals surface area contributed by atoms with Crippen molar-refractivity contribution in [3.63, 3.8) is 0 Å². The molecule has 1 heterocycles. The van der Waals surface area contributed by atoms with E-state index in [1.54, 1.807) is 0 Å². The minimum atomic E-state index is -0.784. The third-order valence-electron chi connectivity index (χ3n) is 3.12. The molecule has 1 atom stereocenters. The normalized spacial score (nSPS) is 19.1. The van der Waals surface area contributed by atoms with Crippen LogP contribution in [0, 0.1) is 5.92 Å². The highest BCUT2D eigenvalue weighted by Crippen LogP contribution is 2.26. The van der Waals surface area contributed by atoms with Gasteiger partial charge in [-0.2, -0.15) is 0 Å². The second kappa shape index (κ2) is 5.64. The molecule has 1 aromatic heterocycles. The molecule has 0 bridgehead atoms. The zero-order valence-corrected chi connectivity index (χ0v) is 10.3. The van der Waals surface area contributed by atoms with E-state index in [2.05, 4.69) is 0 Å². The van der Waals surface area contributed by atoms with Crippen LogP contribution in [0.3, 0.4) is 0 Å². The van der Waals surface area contributed by atoms with E-state index in [0.717, 1.165) is 17.3 Å². The molecule has 2 N–H and O–H groups in total. The summed E-state index contributed by atoms with van der Waals surface area (Å²) >= 11 is 0. The highest BCUT2D eigenvalue weighted by atomic mass is 32.2. The van der Waals surface area contributed by atoms with Gasteiger partial charge in [0.15, 0.2) is 0 Å². The maximum atomic E-state index is 11.9. The van der Waals surface area contributed by atoms with Gasteiger partial charge in [0.1, 0.15) is 11.5 Å². The molecule has 4 heteroatoms. The Morgan fingerprint density at radius 2 is 2.00 bits per heavy atom. The predicted octanol–water partition coefficient (Wildman–Crippen LogP) is 2.18. The molecule has 1 fully saturated rings. The molecular weight excluding hydrogens is 222 g/mol. The van der Waals surface area contributed by atoms with E-state index in [9.17, 15) is 4.21 Å². The van der Waals surface area contributed by atoms with Gasteiger partial charge in [-0.15, -0.1) is 0 Å². The maximum absolute atomic E-state index is 11.9. The van der Waals surface area contributed by atoms with Gasteiger partial charge in [-0.25, -0.2) is 0 Å². The molecule has 0 aliphatic heterocycles. The molecule has 1 aromatic rings. The number of nitrogens with two attached hydrogens (primary N) is 1. The molecule has 1 unspecified atom stereocenters. The molecule has 0 aromatic carbocycles. The summed E-state index contributed by atoms with van der Waals surface area (Å²) in [5, 5.41) is 0. The van der Waals surface area contributed by atoms with Crippen molar-refractivity contribution in [2.24, 2.45) is 11.7 Å². The third kappa shape index (κ3) is 3.19. The molecule has 2 rings (SSSR count). The average molecular weight is 241 g/mol. The number of furan rings is 1. The van der Waals surface area contributed by atoms with Crippen LogP contribution in [0.15, 0.2) is 16.5 Å². The Kier molecular flexibility index (Phi) is 4.18. The lowest BCUT2D eigenvalue weighted by molar-refractivity contribution is 0.480. The lowest BCUT2D eigenvalue weighted by Crippen LogP contribution is -2.09. The van der Waals surface area contributed by atoms with Gasteiger partial charge in [0.25, 0.3) is 0 Å². The summed E-state index contributed by atoms with van der Waals surface area (Å²) < 4.78 is 17.3. The molecule has 16 heavy (non-hydrogen) atoms. The van der Waals surface area contributed by atoms with E-state index in [4.69, 9.17) is 10.2 Å². The Morgan fingerprint density at radius 1 is 1.31 bits per heavy atom. The molecule has 1 saturated carbocycles. The van der Waals surface area contributed by atoms with Crippen molar-refractivity contribution < 1.29 is 8.63 Å². The van der Waals surface area contributed by atoms with Crippen LogP contribution in [0.5, 0.6) is 0 Å². The van der Waals surface area contributed by atoms with Gasteiger partial charge >= 0.3 is 0 Å². The van der Waals surface area contributed by atoms with Crippen LogP contribution in [0.2, 0.25) is 0 Å². The monoisotopic (exact) mass is 241 g/mol. The fourth-order valence-corrected chi connectivity index (χ4v) is 3.72. The van der Waals surface area contributed by atoms with E-state index in [1.165, 1.54) is 25.7 Å². The Hall–Kier alpha value is -0.610. The summed E-state index contributed by atoms with van der Waals surface area (Å²) in [7, 11) is -0.784. The molecule has 0 amide bonds. The quantitative estimate of drug-likeness (QED) is 0.859. The standard InChI is InChI=1S/C12H19NO2S/c13-7-11-5-6-12(15-11)9-16(14)8-10-3-1-2-4-10/h5-6,10H,1-4,7-9,13H2. The van der Waals surface area contributed by atoms with Crippen molar-refractivity contribution >= 4 is 10.8 Å². The zero-order chi connectivity index (χ0) is 11.4. The molecule has 3 nitrogen and oxygen atoms in total. The largest absolute Gasteiger partial charge is 0.464 e. The van der Waals surface area contributed by atoms with Crippen molar-refractivity contribution in [3.8, 4) is 0 Å². The second-order valence-corrected chi connectivity index (χ2v) is 5.98. The Bertz CT molecular complexity index is 356. The first-order chi connectivity index (χ1) is 7.78. The van der Waals surface area contributed by atoms with E-state index in [1.807, 2.05) is 12.1 Å². The molecule has 1 aliphatic rings. The summed E-state index contributed by atoms with van der Waals surface area (Å²) in [5.41, 5.74) is 5.46. The molecule has 1 aliphatic carbocycles. The van der Waals surface area contributed by atoms with Crippen LogP contribution in [0.4, 0.5) is 0 Å². The molecule has 0 spiro atoms. The van der Waals surface area contributed by atoms with Crippen LogP contribution < -0.4 is 5.73 Å². The van der Waals surface area contributed by atoms with Crippen molar-refractivity contribution in [1.29, 1.82) is 0 Å². The van der Waals surface area contributed by atoms with Crippen molar-refractivity contribution in [3.05, 3.63) is 23.7 Å². The van der Waals surface area contributed by atoms with Gasteiger partial charge in [0, 0.05) is 16.6 Å². The number of rotatable bonds is 5. The first kappa shape index (κ1) is 11.9. The summed E-state index contributed by atoms with van der Waals surface area (Å²) in [6, 6.07) is 3.75. The highest BCUT2D eigenvalue weighted by molar-refractivity contribution is 7.84. The van der Waals surface area contributed by atoms with E-state index in [-0.39, 0.29) is 0 Å². The van der Waals surface area contributed by atoms with Gasteiger partial charge < -0.3 is 10.2 Å². The SMILES string of the molecule is NCc1ccc(CS(=O)CC2CCCC2)o1. The molecular formula is C12H19NO2S. The van der Waals surface area contributed by atoms with Gasteiger partial charge in [-0.3, -0.25) is 4.21 Å². The van der Waals surface area contributed by atoms with Crippen LogP contribution in [0.25, 0.3) is 0 Å². The predicted molar refractivity (Wildman–Crippen MR) is 65.3 cm³/mol. The van der Waals surface area contributed by atoms with Crippen LogP contribution in [-0.2, 0) is 23.1 Å². The first-order valence-corrected chi connectivity index (χ1v) is 7.39. The van der Waals surface area contributed by atoms with Crippen LogP contribution >= 0.6 is 0 Å². The molecule has 0 saturated heterocycles. The Labute approximate surface area is 98.9 Å². The van der Waals surface area contributed by atoms with Crippen molar-refractivity contribution in [2.75, 3.05) is 5.75 Å². The van der Waals surface area contributed by atoms with Gasteiger partial charge in [-0.05, 0) is 30.9 Å². The fraction of sp³-hybridized carbons (Fsp3) is 0.667. The fourth-order valence-electron chi connectivity index (χ4n) is 2.27. The minimum Gasteiger partial charge on any atom is -0.464 e.